The number of nitrogens with zero attached hydrogens (tertiary/aromatic N) is 1. The number of methoxy groups -OCH3 is 1. The van der Waals surface area contributed by atoms with Gasteiger partial charge >= 0.3 is 0 Å². The van der Waals surface area contributed by atoms with Gasteiger partial charge in [0.25, 0.3) is 10.1 Å². The maximum absolute atomic E-state index is 9.78. The van der Waals surface area contributed by atoms with Crippen LogP contribution in [0.4, 0.5) is 0 Å². The highest BCUT2D eigenvalue weighted by Gasteiger charge is 2.19. The Hall–Kier alpha value is -0.170. The van der Waals surface area contributed by atoms with Crippen molar-refractivity contribution in [2.45, 2.75) is 33.6 Å². The van der Waals surface area contributed by atoms with Crippen LogP contribution in [0.15, 0.2) is 0 Å². The van der Waals surface area contributed by atoms with Gasteiger partial charge in [-0.15, -0.1) is 0 Å². The van der Waals surface area contributed by atoms with Crippen LogP contribution in [0.1, 0.15) is 33.6 Å². The Morgan fingerprint density at radius 1 is 0.947 bits per heavy atom. The van der Waals surface area contributed by atoms with E-state index in [1.807, 2.05) is 0 Å². The summed E-state index contributed by atoms with van der Waals surface area (Å²) >= 11 is 0. The molecule has 0 aromatic heterocycles. The average Bonchev–Trinajstić information content (AvgIpc) is 2.40. The molecule has 0 heterocycles. The van der Waals surface area contributed by atoms with Crippen molar-refractivity contribution in [3.63, 3.8) is 0 Å². The van der Waals surface area contributed by atoms with Gasteiger partial charge in [-0.2, -0.15) is 8.42 Å². The fraction of sp³-hybridized carbons (Fsp3) is 1.00. The van der Waals surface area contributed by atoms with Crippen LogP contribution >= 0.6 is 0 Å². The second-order valence-electron chi connectivity index (χ2n) is 4.58. The molecule has 0 spiro atoms. The monoisotopic (exact) mass is 298 g/mol. The highest BCUT2D eigenvalue weighted by atomic mass is 32.2. The van der Waals surface area contributed by atoms with E-state index in [0.717, 1.165) is 20.0 Å². The summed E-state index contributed by atoms with van der Waals surface area (Å²) in [4.78, 5) is 0. The average molecular weight is 298 g/mol. The lowest BCUT2D eigenvalue weighted by molar-refractivity contribution is -0.923. The zero-order valence-corrected chi connectivity index (χ0v) is 14.3. The maximum atomic E-state index is 9.78. The summed E-state index contributed by atoms with van der Waals surface area (Å²) < 4.78 is 29.8. The lowest BCUT2D eigenvalue weighted by Crippen LogP contribution is -2.48. The molecule has 5 nitrogen and oxygen atoms in total. The van der Waals surface area contributed by atoms with Gasteiger partial charge in [0.1, 0.15) is 0 Å². The summed E-state index contributed by atoms with van der Waals surface area (Å²) in [5.74, 6) is 0. The molecule has 0 bridgehead atoms. The number of ether oxygens (including phenoxy) is 1. The highest BCUT2D eigenvalue weighted by molar-refractivity contribution is 7.85. The summed E-state index contributed by atoms with van der Waals surface area (Å²) in [6, 6.07) is 0. The normalized spacial score (nSPS) is 11.9. The van der Waals surface area contributed by atoms with Crippen LogP contribution in [0.25, 0.3) is 0 Å². The lowest BCUT2D eigenvalue weighted by atomic mass is 10.2. The predicted molar refractivity (Wildman–Crippen MR) is 79.7 cm³/mol. The van der Waals surface area contributed by atoms with Crippen molar-refractivity contribution >= 4 is 10.1 Å². The van der Waals surface area contributed by atoms with Crippen molar-refractivity contribution in [3.05, 3.63) is 0 Å². The minimum Gasteiger partial charge on any atom is -0.385 e. The topological polar surface area (TPSA) is 52.6 Å². The zero-order chi connectivity index (χ0) is 15.4. The van der Waals surface area contributed by atoms with Gasteiger partial charge in [-0.05, 0) is 33.6 Å². The van der Waals surface area contributed by atoms with Gasteiger partial charge in [0, 0.05) is 13.7 Å². The molecule has 0 amide bonds. The quantitative estimate of drug-likeness (QED) is 0.370. The summed E-state index contributed by atoms with van der Waals surface area (Å²) in [6.07, 6.45) is 3.49. The molecule has 0 radical (unpaired) electrons. The Bertz CT molecular complexity index is 279. The summed E-state index contributed by atoms with van der Waals surface area (Å²) in [6.45, 7) is 12.9. The molecule has 0 aliphatic carbocycles. The molecule has 0 unspecified atom stereocenters. The minimum absolute atomic E-state index is 0.914. The molecule has 0 aromatic carbocycles. The van der Waals surface area contributed by atoms with Crippen LogP contribution in [0.5, 0.6) is 0 Å². The number of rotatable bonds is 9. The Morgan fingerprint density at radius 2 is 1.37 bits per heavy atom. The van der Waals surface area contributed by atoms with E-state index in [1.54, 1.807) is 7.11 Å². The molecular weight excluding hydrogens is 266 g/mol. The number of hydrogen-bond acceptors (Lipinski definition) is 4. The van der Waals surface area contributed by atoms with E-state index in [-0.39, 0.29) is 0 Å². The molecule has 0 atom stereocenters. The van der Waals surface area contributed by atoms with Crippen molar-refractivity contribution in [1.82, 2.24) is 0 Å². The second-order valence-corrected chi connectivity index (χ2v) is 6.33. The van der Waals surface area contributed by atoms with Crippen LogP contribution in [0, 0.1) is 0 Å². The first-order valence-electron chi connectivity index (χ1n) is 6.90. The fourth-order valence-corrected chi connectivity index (χ4v) is 1.84. The molecule has 19 heavy (non-hydrogen) atoms. The van der Waals surface area contributed by atoms with Crippen LogP contribution in [-0.4, -0.2) is 66.2 Å². The number of unbranched alkanes of at least 4 members (excludes halogenated alkanes) is 1. The highest BCUT2D eigenvalue weighted by Crippen LogP contribution is 2.08. The molecule has 6 heteroatoms. The van der Waals surface area contributed by atoms with E-state index in [4.69, 9.17) is 4.74 Å². The third-order valence-electron chi connectivity index (χ3n) is 3.55. The molecule has 0 aromatic rings. The Labute approximate surface area is 119 Å². The third kappa shape index (κ3) is 12.6. The van der Waals surface area contributed by atoms with Gasteiger partial charge in [-0.1, -0.05) is 0 Å². The van der Waals surface area contributed by atoms with Crippen molar-refractivity contribution in [1.29, 1.82) is 0 Å². The summed E-state index contributed by atoms with van der Waals surface area (Å²) in [5, 5.41) is 0. The van der Waals surface area contributed by atoms with Gasteiger partial charge in [0.05, 0.1) is 39.5 Å². The maximum Gasteiger partial charge on any atom is 0.264 e. The first-order valence-corrected chi connectivity index (χ1v) is 8.72. The van der Waals surface area contributed by atoms with E-state index < -0.39 is 10.1 Å². The van der Waals surface area contributed by atoms with Gasteiger partial charge in [-0.25, -0.2) is 0 Å². The molecule has 0 saturated heterocycles. The van der Waals surface area contributed by atoms with Crippen LogP contribution in [-0.2, 0) is 19.0 Å². The second kappa shape index (κ2) is 11.6. The molecule has 118 valence electrons. The molecule has 0 N–H and O–H groups in total. The molecule has 0 fully saturated rings. The SMILES string of the molecule is CC[N+](CC)(CC)CCCCOC.COS(C)(=O)=O. The molecule has 0 rings (SSSR count). The molecule has 0 saturated carbocycles. The van der Waals surface area contributed by atoms with Gasteiger partial charge in [0.2, 0.25) is 0 Å². The Kier molecular flexibility index (Phi) is 12.9. The minimum atomic E-state index is -3.16. The zero-order valence-electron chi connectivity index (χ0n) is 13.4. The van der Waals surface area contributed by atoms with E-state index in [9.17, 15) is 8.42 Å². The molecular formula is C13H32NO4S+. The Balaban J connectivity index is 0. The van der Waals surface area contributed by atoms with Crippen LogP contribution in [0.2, 0.25) is 0 Å². The first kappa shape index (κ1) is 21.1. The van der Waals surface area contributed by atoms with E-state index in [1.165, 1.54) is 43.5 Å². The summed E-state index contributed by atoms with van der Waals surface area (Å²) in [7, 11) is -0.262. The standard InChI is InChI=1S/C11H26NO.C2H6O3S/c1-5-12(6-2,7-3)10-8-9-11-13-4;1-5-6(2,3)4/h5-11H2,1-4H3;1-2H3/q+1;. The number of quaternary nitrogens is 1. The smallest absolute Gasteiger partial charge is 0.264 e. The molecule has 0 aliphatic heterocycles. The van der Waals surface area contributed by atoms with Gasteiger partial charge < -0.3 is 9.22 Å². The van der Waals surface area contributed by atoms with E-state index in [0.29, 0.717) is 0 Å². The number of hydrogen-bond donors (Lipinski definition) is 0. The largest absolute Gasteiger partial charge is 0.385 e. The summed E-state index contributed by atoms with van der Waals surface area (Å²) in [5.41, 5.74) is 0. The van der Waals surface area contributed by atoms with Crippen molar-refractivity contribution < 1.29 is 21.8 Å². The predicted octanol–water partition coefficient (Wildman–Crippen LogP) is 1.88. The Morgan fingerprint density at radius 3 is 1.63 bits per heavy atom. The van der Waals surface area contributed by atoms with E-state index in [2.05, 4.69) is 25.0 Å². The van der Waals surface area contributed by atoms with Crippen molar-refractivity contribution in [2.75, 3.05) is 53.3 Å². The lowest BCUT2D eigenvalue weighted by Gasteiger charge is -2.35. The van der Waals surface area contributed by atoms with Crippen LogP contribution in [0.3, 0.4) is 0 Å². The fourth-order valence-electron chi connectivity index (χ4n) is 1.84. The van der Waals surface area contributed by atoms with Gasteiger partial charge in [-0.3, -0.25) is 4.18 Å². The van der Waals surface area contributed by atoms with Crippen LogP contribution < -0.4 is 0 Å². The van der Waals surface area contributed by atoms with Crippen molar-refractivity contribution in [2.24, 2.45) is 0 Å². The van der Waals surface area contributed by atoms with Crippen molar-refractivity contribution in [3.8, 4) is 0 Å². The third-order valence-corrected chi connectivity index (χ3v) is 4.15. The first-order chi connectivity index (χ1) is 8.80. The molecule has 0 aliphatic rings. The van der Waals surface area contributed by atoms with E-state index >= 15 is 0 Å². The van der Waals surface area contributed by atoms with Gasteiger partial charge in [0.15, 0.2) is 0 Å².